The van der Waals surface area contributed by atoms with Gasteiger partial charge in [-0.25, -0.2) is 13.1 Å². The molecule has 1 aliphatic carbocycles. The number of nitrogens with one attached hydrogen (secondary N) is 1. The fraction of sp³-hybridized carbons (Fsp3) is 1.00. The summed E-state index contributed by atoms with van der Waals surface area (Å²) in [6.07, 6.45) is 6.77. The van der Waals surface area contributed by atoms with Crippen LogP contribution in [-0.4, -0.2) is 26.0 Å². The summed E-state index contributed by atoms with van der Waals surface area (Å²) >= 11 is 3.41. The van der Waals surface area contributed by atoms with Crippen molar-refractivity contribution in [3.63, 3.8) is 0 Å². The molecule has 0 aliphatic heterocycles. The molecule has 1 aliphatic rings. The van der Waals surface area contributed by atoms with Gasteiger partial charge in [0.25, 0.3) is 0 Å². The first kappa shape index (κ1) is 16.4. The van der Waals surface area contributed by atoms with Crippen molar-refractivity contribution in [2.75, 3.05) is 17.6 Å². The zero-order valence-electron chi connectivity index (χ0n) is 11.5. The topological polar surface area (TPSA) is 46.2 Å². The van der Waals surface area contributed by atoms with Gasteiger partial charge in [0.15, 0.2) is 0 Å². The van der Waals surface area contributed by atoms with Gasteiger partial charge in [0.05, 0.1) is 5.75 Å². The van der Waals surface area contributed by atoms with Crippen LogP contribution in [0.1, 0.15) is 52.4 Å². The van der Waals surface area contributed by atoms with E-state index in [0.717, 1.165) is 24.6 Å². The summed E-state index contributed by atoms with van der Waals surface area (Å²) < 4.78 is 26.8. The lowest BCUT2D eigenvalue weighted by Crippen LogP contribution is -2.37. The lowest BCUT2D eigenvalue weighted by molar-refractivity contribution is 0.350. The predicted octanol–water partition coefficient (Wildman–Crippen LogP) is 3.30. The zero-order valence-corrected chi connectivity index (χ0v) is 13.9. The Labute approximate surface area is 120 Å². The minimum atomic E-state index is -3.10. The van der Waals surface area contributed by atoms with E-state index in [1.807, 2.05) is 0 Å². The molecule has 0 spiro atoms. The third-order valence-electron chi connectivity index (χ3n) is 3.72. The molecule has 0 aromatic carbocycles. The van der Waals surface area contributed by atoms with Gasteiger partial charge in [-0.05, 0) is 30.6 Å². The summed E-state index contributed by atoms with van der Waals surface area (Å²) in [4.78, 5) is 0. The van der Waals surface area contributed by atoms with Crippen LogP contribution in [0.15, 0.2) is 0 Å². The molecule has 3 nitrogen and oxygen atoms in total. The Morgan fingerprint density at radius 3 is 2.39 bits per heavy atom. The Balaban J connectivity index is 2.39. The Kier molecular flexibility index (Phi) is 6.62. The summed E-state index contributed by atoms with van der Waals surface area (Å²) in [6, 6.07) is 0. The molecule has 1 saturated carbocycles. The van der Waals surface area contributed by atoms with Crippen LogP contribution in [-0.2, 0) is 10.0 Å². The van der Waals surface area contributed by atoms with Crippen LogP contribution in [0.3, 0.4) is 0 Å². The van der Waals surface area contributed by atoms with Crippen LogP contribution in [0, 0.1) is 11.3 Å². The fourth-order valence-corrected chi connectivity index (χ4v) is 5.13. The van der Waals surface area contributed by atoms with Crippen LogP contribution in [0.25, 0.3) is 0 Å². The van der Waals surface area contributed by atoms with E-state index in [2.05, 4.69) is 34.5 Å². The minimum absolute atomic E-state index is 0.0170. The van der Waals surface area contributed by atoms with E-state index in [9.17, 15) is 8.42 Å². The third kappa shape index (κ3) is 6.53. The zero-order chi connectivity index (χ0) is 13.6. The molecule has 0 heterocycles. The van der Waals surface area contributed by atoms with Gasteiger partial charge in [-0.1, -0.05) is 49.0 Å². The molecule has 1 rings (SSSR count). The van der Waals surface area contributed by atoms with E-state index in [-0.39, 0.29) is 5.41 Å². The van der Waals surface area contributed by atoms with Crippen molar-refractivity contribution < 1.29 is 8.42 Å². The quantitative estimate of drug-likeness (QED) is 0.723. The van der Waals surface area contributed by atoms with Crippen molar-refractivity contribution in [2.45, 2.75) is 52.4 Å². The molecule has 0 aromatic rings. The lowest BCUT2D eigenvalue weighted by Gasteiger charge is -2.25. The van der Waals surface area contributed by atoms with E-state index in [1.165, 1.54) is 19.3 Å². The van der Waals surface area contributed by atoms with Crippen LogP contribution in [0.4, 0.5) is 0 Å². The molecular formula is C13H26BrNO2S. The largest absolute Gasteiger partial charge is 0.215 e. The first-order valence-corrected chi connectivity index (χ1v) is 9.65. The average Bonchev–Trinajstić information content (AvgIpc) is 2.28. The Hall–Kier alpha value is 0.390. The molecular weight excluding hydrogens is 314 g/mol. The van der Waals surface area contributed by atoms with Crippen molar-refractivity contribution in [3.8, 4) is 0 Å². The molecule has 108 valence electrons. The van der Waals surface area contributed by atoms with E-state index in [1.54, 1.807) is 0 Å². The van der Waals surface area contributed by atoms with Crippen molar-refractivity contribution in [1.82, 2.24) is 4.72 Å². The SMILES string of the molecule is CC(C)(CCBr)CNS(=O)(=O)CC1CCCCC1. The number of hydrogen-bond donors (Lipinski definition) is 1. The van der Waals surface area contributed by atoms with Gasteiger partial charge < -0.3 is 0 Å². The maximum atomic E-state index is 12.0. The monoisotopic (exact) mass is 339 g/mol. The number of alkyl halides is 1. The number of sulfonamides is 1. The Morgan fingerprint density at radius 2 is 1.83 bits per heavy atom. The molecule has 0 aromatic heterocycles. The van der Waals surface area contributed by atoms with E-state index < -0.39 is 10.0 Å². The first-order chi connectivity index (χ1) is 8.35. The molecule has 0 bridgehead atoms. The smallest absolute Gasteiger partial charge is 0.211 e. The summed E-state index contributed by atoms with van der Waals surface area (Å²) in [5.41, 5.74) is 0.0170. The van der Waals surface area contributed by atoms with Crippen molar-refractivity contribution >= 4 is 26.0 Å². The number of halogens is 1. The number of hydrogen-bond acceptors (Lipinski definition) is 2. The van der Waals surface area contributed by atoms with Crippen LogP contribution in [0.2, 0.25) is 0 Å². The highest BCUT2D eigenvalue weighted by Gasteiger charge is 2.24. The normalized spacial score (nSPS) is 19.1. The standard InChI is InChI=1S/C13H26BrNO2S/c1-13(2,8-9-14)11-15-18(16,17)10-12-6-4-3-5-7-12/h12,15H,3-11H2,1-2H3. The molecule has 0 unspecified atom stereocenters. The summed E-state index contributed by atoms with van der Waals surface area (Å²) in [5, 5.41) is 0.907. The second-order valence-corrected chi connectivity index (χ2v) is 8.85. The maximum Gasteiger partial charge on any atom is 0.211 e. The predicted molar refractivity (Wildman–Crippen MR) is 80.6 cm³/mol. The highest BCUT2D eigenvalue weighted by Crippen LogP contribution is 2.25. The summed E-state index contributed by atoms with van der Waals surface area (Å²) in [6.45, 7) is 4.72. The highest BCUT2D eigenvalue weighted by molar-refractivity contribution is 9.09. The van der Waals surface area contributed by atoms with Gasteiger partial charge in [-0.15, -0.1) is 0 Å². The second kappa shape index (κ2) is 7.25. The molecule has 0 radical (unpaired) electrons. The van der Waals surface area contributed by atoms with Crippen molar-refractivity contribution in [1.29, 1.82) is 0 Å². The Bertz CT molecular complexity index is 335. The third-order valence-corrected chi connectivity index (χ3v) is 5.61. The van der Waals surface area contributed by atoms with Gasteiger partial charge >= 0.3 is 0 Å². The van der Waals surface area contributed by atoms with Crippen LogP contribution in [0.5, 0.6) is 0 Å². The lowest BCUT2D eigenvalue weighted by atomic mass is 9.91. The van der Waals surface area contributed by atoms with Gasteiger partial charge in [-0.3, -0.25) is 0 Å². The van der Waals surface area contributed by atoms with Crippen molar-refractivity contribution in [2.24, 2.45) is 11.3 Å². The molecule has 1 fully saturated rings. The Morgan fingerprint density at radius 1 is 1.22 bits per heavy atom. The summed E-state index contributed by atoms with van der Waals surface area (Å²) in [7, 11) is -3.10. The molecule has 0 amide bonds. The molecule has 0 atom stereocenters. The second-order valence-electron chi connectivity index (χ2n) is 6.21. The van der Waals surface area contributed by atoms with Gasteiger partial charge in [0, 0.05) is 11.9 Å². The summed E-state index contributed by atoms with van der Waals surface area (Å²) in [5.74, 6) is 0.688. The van der Waals surface area contributed by atoms with E-state index in [0.29, 0.717) is 18.2 Å². The fourth-order valence-electron chi connectivity index (χ4n) is 2.37. The van der Waals surface area contributed by atoms with Gasteiger partial charge in [0.2, 0.25) is 10.0 Å². The first-order valence-electron chi connectivity index (χ1n) is 6.88. The number of rotatable bonds is 7. The highest BCUT2D eigenvalue weighted by atomic mass is 79.9. The minimum Gasteiger partial charge on any atom is -0.215 e. The molecule has 0 saturated heterocycles. The molecule has 1 N–H and O–H groups in total. The van der Waals surface area contributed by atoms with Crippen molar-refractivity contribution in [3.05, 3.63) is 0 Å². The van der Waals surface area contributed by atoms with Crippen LogP contribution >= 0.6 is 15.9 Å². The molecule has 5 heteroatoms. The van der Waals surface area contributed by atoms with E-state index >= 15 is 0 Å². The van der Waals surface area contributed by atoms with E-state index in [4.69, 9.17) is 0 Å². The molecule has 18 heavy (non-hydrogen) atoms. The van der Waals surface area contributed by atoms with Crippen LogP contribution < -0.4 is 4.72 Å². The van der Waals surface area contributed by atoms with Gasteiger partial charge in [0.1, 0.15) is 0 Å². The maximum absolute atomic E-state index is 12.0. The van der Waals surface area contributed by atoms with Gasteiger partial charge in [-0.2, -0.15) is 0 Å². The average molecular weight is 340 g/mol.